The molecule has 0 aliphatic rings. The monoisotopic (exact) mass is 162 g/mol. The van der Waals surface area contributed by atoms with Crippen molar-refractivity contribution in [1.82, 2.24) is 0 Å². The van der Waals surface area contributed by atoms with Gasteiger partial charge in [0, 0.05) is 0 Å². The topological polar surface area (TPSA) is 98.0 Å². The van der Waals surface area contributed by atoms with Crippen molar-refractivity contribution < 1.29 is 25.2 Å². The first kappa shape index (κ1) is 9.93. The summed E-state index contributed by atoms with van der Waals surface area (Å²) in [7, 11) is 0. The smallest absolute Gasteiger partial charge is 0.335 e. The molecule has 0 saturated heterocycles. The number of carboxylic acids is 1. The van der Waals surface area contributed by atoms with Gasteiger partial charge in [-0.3, -0.25) is 0 Å². The molecule has 0 fully saturated rings. The number of aliphatic carboxylic acids is 1. The first-order chi connectivity index (χ1) is 4.95. The number of hydrogen-bond acceptors (Lipinski definition) is 4. The van der Waals surface area contributed by atoms with Gasteiger partial charge in [-0.15, -0.1) is 0 Å². The molecular formula is C6H10O5. The van der Waals surface area contributed by atoms with Crippen LogP contribution in [0, 0.1) is 0 Å². The normalized spacial score (nSPS) is 17.5. The van der Waals surface area contributed by atoms with E-state index in [0.29, 0.717) is 0 Å². The fourth-order valence-electron chi connectivity index (χ4n) is 0.484. The maximum Gasteiger partial charge on any atom is 0.335 e. The van der Waals surface area contributed by atoms with E-state index in [0.717, 1.165) is 6.08 Å². The predicted molar refractivity (Wildman–Crippen MR) is 36.0 cm³/mol. The van der Waals surface area contributed by atoms with Crippen LogP contribution >= 0.6 is 0 Å². The van der Waals surface area contributed by atoms with E-state index in [1.54, 1.807) is 0 Å². The Balaban J connectivity index is 4.14. The summed E-state index contributed by atoms with van der Waals surface area (Å²) in [5.41, 5.74) is 0. The molecule has 2 unspecified atom stereocenters. The summed E-state index contributed by atoms with van der Waals surface area (Å²) in [5, 5.41) is 34.1. The lowest BCUT2D eigenvalue weighted by molar-refractivity contribution is -0.150. The highest BCUT2D eigenvalue weighted by molar-refractivity contribution is 5.73. The van der Waals surface area contributed by atoms with Crippen LogP contribution in [0.1, 0.15) is 6.92 Å². The first-order valence-corrected chi connectivity index (χ1v) is 2.91. The SMILES string of the molecule is C/C(O)=C/C(O)C(O)C(=O)O. The second kappa shape index (κ2) is 3.95. The molecular weight excluding hydrogens is 152 g/mol. The number of hydrogen-bond donors (Lipinski definition) is 4. The average molecular weight is 162 g/mol. The molecule has 0 amide bonds. The van der Waals surface area contributed by atoms with Gasteiger partial charge in [0.05, 0.1) is 5.76 Å². The van der Waals surface area contributed by atoms with Crippen LogP contribution in [0.15, 0.2) is 11.8 Å². The Labute approximate surface area is 63.2 Å². The molecule has 5 nitrogen and oxygen atoms in total. The van der Waals surface area contributed by atoms with Crippen molar-refractivity contribution in [2.24, 2.45) is 0 Å². The van der Waals surface area contributed by atoms with Crippen molar-refractivity contribution in [1.29, 1.82) is 0 Å². The highest BCUT2D eigenvalue weighted by Crippen LogP contribution is 1.98. The van der Waals surface area contributed by atoms with Crippen molar-refractivity contribution in [3.05, 3.63) is 11.8 Å². The van der Waals surface area contributed by atoms with Crippen LogP contribution in [0.25, 0.3) is 0 Å². The number of aliphatic hydroxyl groups excluding tert-OH is 3. The van der Waals surface area contributed by atoms with E-state index in [9.17, 15) is 4.79 Å². The van der Waals surface area contributed by atoms with E-state index in [1.807, 2.05) is 0 Å². The highest BCUT2D eigenvalue weighted by Gasteiger charge is 2.21. The lowest BCUT2D eigenvalue weighted by Crippen LogP contribution is -2.32. The Hall–Kier alpha value is -1.07. The minimum absolute atomic E-state index is 0.238. The van der Waals surface area contributed by atoms with Crippen LogP contribution < -0.4 is 0 Å². The largest absolute Gasteiger partial charge is 0.513 e. The quantitative estimate of drug-likeness (QED) is 0.409. The molecule has 0 aliphatic heterocycles. The predicted octanol–water partition coefficient (Wildman–Crippen LogP) is -0.745. The molecule has 0 radical (unpaired) electrons. The molecule has 0 spiro atoms. The van der Waals surface area contributed by atoms with Crippen LogP contribution in [-0.4, -0.2) is 38.6 Å². The van der Waals surface area contributed by atoms with E-state index in [-0.39, 0.29) is 5.76 Å². The Morgan fingerprint density at radius 1 is 1.36 bits per heavy atom. The molecule has 0 aromatic carbocycles. The summed E-state index contributed by atoms with van der Waals surface area (Å²) in [6.45, 7) is 1.26. The second-order valence-corrected chi connectivity index (χ2v) is 2.08. The van der Waals surface area contributed by atoms with E-state index in [1.165, 1.54) is 6.92 Å². The zero-order valence-electron chi connectivity index (χ0n) is 5.93. The Kier molecular flexibility index (Phi) is 3.56. The minimum Gasteiger partial charge on any atom is -0.513 e. The van der Waals surface area contributed by atoms with Crippen molar-refractivity contribution in [2.75, 3.05) is 0 Å². The summed E-state index contributed by atoms with van der Waals surface area (Å²) in [6, 6.07) is 0. The van der Waals surface area contributed by atoms with Gasteiger partial charge in [0.1, 0.15) is 6.10 Å². The van der Waals surface area contributed by atoms with Gasteiger partial charge in [0.15, 0.2) is 6.10 Å². The molecule has 5 heteroatoms. The van der Waals surface area contributed by atoms with E-state index >= 15 is 0 Å². The molecule has 11 heavy (non-hydrogen) atoms. The van der Waals surface area contributed by atoms with Gasteiger partial charge in [-0.2, -0.15) is 0 Å². The first-order valence-electron chi connectivity index (χ1n) is 2.91. The molecule has 0 aliphatic carbocycles. The van der Waals surface area contributed by atoms with E-state index in [2.05, 4.69) is 0 Å². The molecule has 0 aromatic heterocycles. The van der Waals surface area contributed by atoms with Gasteiger partial charge in [-0.1, -0.05) is 0 Å². The molecule has 0 aromatic rings. The van der Waals surface area contributed by atoms with Crippen LogP contribution in [-0.2, 0) is 4.79 Å². The molecule has 0 rings (SSSR count). The Morgan fingerprint density at radius 2 is 1.82 bits per heavy atom. The zero-order chi connectivity index (χ0) is 9.02. The van der Waals surface area contributed by atoms with Gasteiger partial charge in [0.25, 0.3) is 0 Å². The number of carboxylic acid groups (broad SMARTS) is 1. The molecule has 0 saturated carbocycles. The van der Waals surface area contributed by atoms with E-state index in [4.69, 9.17) is 20.4 Å². The van der Waals surface area contributed by atoms with E-state index < -0.39 is 18.2 Å². The lowest BCUT2D eigenvalue weighted by Gasteiger charge is -2.08. The van der Waals surface area contributed by atoms with Crippen LogP contribution in [0.4, 0.5) is 0 Å². The number of rotatable bonds is 3. The molecule has 0 bridgehead atoms. The fourth-order valence-corrected chi connectivity index (χ4v) is 0.484. The summed E-state index contributed by atoms with van der Waals surface area (Å²) in [4.78, 5) is 10.0. The minimum atomic E-state index is -1.89. The third-order valence-electron chi connectivity index (χ3n) is 0.988. The Morgan fingerprint density at radius 3 is 2.09 bits per heavy atom. The third kappa shape index (κ3) is 3.59. The van der Waals surface area contributed by atoms with Crippen LogP contribution in [0.3, 0.4) is 0 Å². The number of carbonyl (C=O) groups is 1. The zero-order valence-corrected chi connectivity index (χ0v) is 5.93. The van der Waals surface area contributed by atoms with Crippen LogP contribution in [0.2, 0.25) is 0 Å². The maximum atomic E-state index is 10.0. The van der Waals surface area contributed by atoms with Gasteiger partial charge < -0.3 is 20.4 Å². The van der Waals surface area contributed by atoms with Crippen molar-refractivity contribution in [3.63, 3.8) is 0 Å². The number of aliphatic hydroxyl groups is 3. The molecule has 0 heterocycles. The van der Waals surface area contributed by atoms with Crippen molar-refractivity contribution in [2.45, 2.75) is 19.1 Å². The van der Waals surface area contributed by atoms with Crippen LogP contribution in [0.5, 0.6) is 0 Å². The van der Waals surface area contributed by atoms with Gasteiger partial charge in [0.2, 0.25) is 0 Å². The maximum absolute atomic E-state index is 10.0. The van der Waals surface area contributed by atoms with Gasteiger partial charge in [-0.05, 0) is 13.0 Å². The standard InChI is InChI=1S/C6H10O5/c1-3(7)2-4(8)5(9)6(10)11/h2,4-5,7-9H,1H3,(H,10,11)/b3-2-. The summed E-state index contributed by atoms with van der Waals surface area (Å²) >= 11 is 0. The van der Waals surface area contributed by atoms with Crippen molar-refractivity contribution in [3.8, 4) is 0 Å². The summed E-state index contributed by atoms with van der Waals surface area (Å²) in [5.74, 6) is -1.77. The molecule has 4 N–H and O–H groups in total. The lowest BCUT2D eigenvalue weighted by atomic mass is 10.2. The fraction of sp³-hybridized carbons (Fsp3) is 0.500. The van der Waals surface area contributed by atoms with Gasteiger partial charge >= 0.3 is 5.97 Å². The second-order valence-electron chi connectivity index (χ2n) is 2.08. The summed E-state index contributed by atoms with van der Waals surface area (Å²) in [6.07, 6.45) is -2.62. The van der Waals surface area contributed by atoms with Gasteiger partial charge in [-0.25, -0.2) is 4.79 Å². The molecule has 64 valence electrons. The third-order valence-corrected chi connectivity index (χ3v) is 0.988. The van der Waals surface area contributed by atoms with Crippen molar-refractivity contribution >= 4 is 5.97 Å². The molecule has 2 atom stereocenters. The average Bonchev–Trinajstić information content (AvgIpc) is 1.84. The number of allylic oxidation sites excluding steroid dienone is 1. The highest BCUT2D eigenvalue weighted by atomic mass is 16.4. The Bertz CT molecular complexity index is 170. The summed E-state index contributed by atoms with van der Waals surface area (Å²) < 4.78 is 0.